The first kappa shape index (κ1) is 12.8. The van der Waals surface area contributed by atoms with Gasteiger partial charge >= 0.3 is 99.4 Å². The van der Waals surface area contributed by atoms with E-state index in [1.807, 2.05) is 30.3 Å². The molecule has 0 saturated carbocycles. The van der Waals surface area contributed by atoms with Gasteiger partial charge < -0.3 is 0 Å². The van der Waals surface area contributed by atoms with E-state index in [-0.39, 0.29) is 0 Å². The Bertz CT molecular complexity index is 285. The Balaban J connectivity index is 2.20. The van der Waals surface area contributed by atoms with E-state index in [1.54, 1.807) is 0 Å². The first-order valence-electron chi connectivity index (χ1n) is 5.56. The van der Waals surface area contributed by atoms with Gasteiger partial charge in [0, 0.05) is 0 Å². The average Bonchev–Trinajstić information content (AvgIpc) is 2.30. The van der Waals surface area contributed by atoms with Crippen LogP contribution < -0.4 is 3.58 Å². The molecule has 0 saturated heterocycles. The fraction of sp³-hybridized carbons (Fsp3) is 0.500. The predicted molar refractivity (Wildman–Crippen MR) is 62.6 cm³/mol. The average molecular weight is 313 g/mol. The number of benzene rings is 1. The van der Waals surface area contributed by atoms with Gasteiger partial charge in [-0.25, -0.2) is 0 Å². The van der Waals surface area contributed by atoms with E-state index in [0.717, 1.165) is 10.0 Å². The molecular weight excluding hydrogens is 295 g/mol. The first-order valence-corrected chi connectivity index (χ1v) is 9.32. The number of unbranched alkanes of at least 4 members (excludes halogenated alkanes) is 3. The molecule has 0 atom stereocenters. The molecule has 1 rings (SSSR count). The van der Waals surface area contributed by atoms with Crippen molar-refractivity contribution in [3.05, 3.63) is 30.3 Å². The molecule has 0 aliphatic heterocycles. The zero-order valence-corrected chi connectivity index (χ0v) is 12.1. The minimum absolute atomic E-state index is 0.660. The molecule has 0 amide bonds. The standard InChI is InChI=1S/C6H13O.C6H5.O.Sn/c1-2-3-4-5-6-7;1-2-4-6-5-3-1;;/h2-6H2,1H3;1-5H;;/q-1;;;+1. The van der Waals surface area contributed by atoms with E-state index in [0.29, 0.717) is 6.61 Å². The maximum absolute atomic E-state index is 11.7. The molecule has 0 N–H and O–H groups in total. The van der Waals surface area contributed by atoms with Crippen molar-refractivity contribution in [2.75, 3.05) is 6.61 Å². The third-order valence-corrected chi connectivity index (χ3v) is 5.87. The van der Waals surface area contributed by atoms with Crippen LogP contribution in [0, 0.1) is 0 Å². The van der Waals surface area contributed by atoms with Gasteiger partial charge in [0.05, 0.1) is 0 Å². The van der Waals surface area contributed by atoms with Crippen LogP contribution in [-0.4, -0.2) is 26.8 Å². The molecule has 0 aliphatic rings. The molecule has 15 heavy (non-hydrogen) atoms. The maximum atomic E-state index is 11.7. The van der Waals surface area contributed by atoms with Gasteiger partial charge in [0.25, 0.3) is 0 Å². The topological polar surface area (TPSA) is 26.3 Å². The molecule has 3 heteroatoms. The van der Waals surface area contributed by atoms with Crippen LogP contribution in [0.25, 0.3) is 0 Å². The molecule has 0 bridgehead atoms. The second kappa shape index (κ2) is 7.99. The molecular formula is C12H18O2Sn. The molecule has 0 spiro atoms. The summed E-state index contributed by atoms with van der Waals surface area (Å²) in [5.74, 6) is 0. The van der Waals surface area contributed by atoms with E-state index >= 15 is 0 Å². The summed E-state index contributed by atoms with van der Waals surface area (Å²) < 4.78 is 18.1. The van der Waals surface area contributed by atoms with Crippen LogP contribution in [0.15, 0.2) is 30.3 Å². The third-order valence-electron chi connectivity index (χ3n) is 2.24. The van der Waals surface area contributed by atoms with Crippen LogP contribution in [0.2, 0.25) is 0 Å². The van der Waals surface area contributed by atoms with Gasteiger partial charge in [0.2, 0.25) is 0 Å². The first-order chi connectivity index (χ1) is 7.34. The molecule has 82 valence electrons. The molecule has 2 nitrogen and oxygen atoms in total. The Morgan fingerprint density at radius 3 is 2.53 bits per heavy atom. The molecule has 1 aromatic carbocycles. The minimum atomic E-state index is -2.92. The van der Waals surface area contributed by atoms with Crippen LogP contribution in [0.1, 0.15) is 32.6 Å². The van der Waals surface area contributed by atoms with Gasteiger partial charge in [-0.05, 0) is 0 Å². The molecule has 0 unspecified atom stereocenters. The molecule has 0 heterocycles. The van der Waals surface area contributed by atoms with Crippen molar-refractivity contribution in [1.82, 2.24) is 0 Å². The fourth-order valence-electron chi connectivity index (χ4n) is 1.35. The van der Waals surface area contributed by atoms with Gasteiger partial charge in [0.1, 0.15) is 0 Å². The van der Waals surface area contributed by atoms with Crippen LogP contribution in [0.3, 0.4) is 0 Å². The van der Waals surface area contributed by atoms with Crippen molar-refractivity contribution >= 4 is 23.7 Å². The van der Waals surface area contributed by atoms with Gasteiger partial charge in [-0.1, -0.05) is 0 Å². The van der Waals surface area contributed by atoms with E-state index in [2.05, 4.69) is 6.92 Å². The van der Waals surface area contributed by atoms with Crippen LogP contribution in [0.5, 0.6) is 0 Å². The SMILES string of the molecule is CCCCCC[O][Sn](=[O])[c]1ccccc1. The van der Waals surface area contributed by atoms with E-state index in [1.165, 1.54) is 19.3 Å². The summed E-state index contributed by atoms with van der Waals surface area (Å²) in [7, 11) is 0. The summed E-state index contributed by atoms with van der Waals surface area (Å²) in [6, 6.07) is 9.55. The number of hydrogen-bond acceptors (Lipinski definition) is 2. The summed E-state index contributed by atoms with van der Waals surface area (Å²) >= 11 is -2.92. The monoisotopic (exact) mass is 314 g/mol. The van der Waals surface area contributed by atoms with Crippen molar-refractivity contribution in [3.63, 3.8) is 0 Å². The van der Waals surface area contributed by atoms with Gasteiger partial charge in [-0.2, -0.15) is 0 Å². The van der Waals surface area contributed by atoms with Gasteiger partial charge in [-0.3, -0.25) is 0 Å². The van der Waals surface area contributed by atoms with E-state index in [9.17, 15) is 3.08 Å². The molecule has 1 aromatic rings. The van der Waals surface area contributed by atoms with Crippen molar-refractivity contribution in [2.24, 2.45) is 0 Å². The summed E-state index contributed by atoms with van der Waals surface area (Å²) in [6.45, 7) is 2.84. The Morgan fingerprint density at radius 1 is 1.13 bits per heavy atom. The second-order valence-electron chi connectivity index (χ2n) is 3.56. The van der Waals surface area contributed by atoms with E-state index < -0.39 is 20.2 Å². The van der Waals surface area contributed by atoms with Crippen molar-refractivity contribution in [1.29, 1.82) is 0 Å². The number of hydrogen-bond donors (Lipinski definition) is 0. The number of rotatable bonds is 7. The van der Waals surface area contributed by atoms with Crippen molar-refractivity contribution < 1.29 is 6.15 Å². The molecule has 0 radical (unpaired) electrons. The van der Waals surface area contributed by atoms with Crippen LogP contribution in [-0.2, 0) is 6.15 Å². The third kappa shape index (κ3) is 5.42. The Morgan fingerprint density at radius 2 is 1.87 bits per heavy atom. The van der Waals surface area contributed by atoms with E-state index in [4.69, 9.17) is 3.07 Å². The summed E-state index contributed by atoms with van der Waals surface area (Å²) in [6.07, 6.45) is 4.68. The van der Waals surface area contributed by atoms with Gasteiger partial charge in [-0.15, -0.1) is 0 Å². The van der Waals surface area contributed by atoms with Crippen molar-refractivity contribution in [3.8, 4) is 0 Å². The second-order valence-corrected chi connectivity index (χ2v) is 7.68. The summed E-state index contributed by atoms with van der Waals surface area (Å²) in [4.78, 5) is 0. The van der Waals surface area contributed by atoms with Crippen LogP contribution in [0.4, 0.5) is 0 Å². The summed E-state index contributed by atoms with van der Waals surface area (Å²) in [5.41, 5.74) is 0. The Kier molecular flexibility index (Phi) is 6.84. The normalized spacial score (nSPS) is 10.2. The molecule has 0 aliphatic carbocycles. The molecule has 0 aromatic heterocycles. The van der Waals surface area contributed by atoms with Crippen molar-refractivity contribution in [2.45, 2.75) is 32.6 Å². The zero-order valence-electron chi connectivity index (χ0n) is 9.24. The Hall–Kier alpha value is -0.221. The predicted octanol–water partition coefficient (Wildman–Crippen LogP) is 2.41. The summed E-state index contributed by atoms with van der Waals surface area (Å²) in [5, 5.41) is 0. The fourth-order valence-corrected chi connectivity index (χ4v) is 4.09. The quantitative estimate of drug-likeness (QED) is 0.571. The van der Waals surface area contributed by atoms with Gasteiger partial charge in [0.15, 0.2) is 0 Å². The Labute approximate surface area is 99.3 Å². The zero-order chi connectivity index (χ0) is 10.9. The molecule has 0 fully saturated rings. The van der Waals surface area contributed by atoms with Crippen LogP contribution >= 0.6 is 0 Å².